The first-order valence-corrected chi connectivity index (χ1v) is 4.26. The standard InChI is InChI=1S/C9H15NO3/c1-3-5-9(12)13-7-6-10-8(11)4-2/h4H,2-3,5-7H2,1H3,(H,10,11). The van der Waals surface area contributed by atoms with E-state index < -0.39 is 0 Å². The van der Waals surface area contributed by atoms with Crippen molar-refractivity contribution >= 4 is 11.9 Å². The van der Waals surface area contributed by atoms with Crippen molar-refractivity contribution in [3.8, 4) is 0 Å². The topological polar surface area (TPSA) is 55.4 Å². The Balaban J connectivity index is 3.30. The summed E-state index contributed by atoms with van der Waals surface area (Å²) in [6, 6.07) is 0. The van der Waals surface area contributed by atoms with Crippen LogP contribution in [-0.2, 0) is 14.3 Å². The smallest absolute Gasteiger partial charge is 0.305 e. The highest BCUT2D eigenvalue weighted by Gasteiger charge is 1.99. The van der Waals surface area contributed by atoms with Crippen molar-refractivity contribution in [2.75, 3.05) is 13.2 Å². The van der Waals surface area contributed by atoms with Crippen LogP contribution in [-0.4, -0.2) is 25.0 Å². The molecular formula is C9H15NO3. The molecule has 13 heavy (non-hydrogen) atoms. The number of nitrogens with one attached hydrogen (secondary N) is 1. The molecule has 4 nitrogen and oxygen atoms in total. The molecule has 0 heterocycles. The molecular weight excluding hydrogens is 170 g/mol. The maximum atomic E-state index is 10.8. The van der Waals surface area contributed by atoms with Gasteiger partial charge >= 0.3 is 5.97 Å². The van der Waals surface area contributed by atoms with Crippen molar-refractivity contribution in [3.05, 3.63) is 12.7 Å². The van der Waals surface area contributed by atoms with Crippen LogP contribution in [0, 0.1) is 0 Å². The van der Waals surface area contributed by atoms with Crippen molar-refractivity contribution in [2.24, 2.45) is 0 Å². The van der Waals surface area contributed by atoms with Gasteiger partial charge in [0.15, 0.2) is 0 Å². The third-order valence-electron chi connectivity index (χ3n) is 1.30. The summed E-state index contributed by atoms with van der Waals surface area (Å²) >= 11 is 0. The van der Waals surface area contributed by atoms with Crippen molar-refractivity contribution in [2.45, 2.75) is 19.8 Å². The maximum absolute atomic E-state index is 10.8. The second kappa shape index (κ2) is 7.34. The molecule has 74 valence electrons. The van der Waals surface area contributed by atoms with Crippen LogP contribution in [0.2, 0.25) is 0 Å². The van der Waals surface area contributed by atoms with E-state index in [1.54, 1.807) is 0 Å². The molecule has 0 spiro atoms. The Bertz CT molecular complexity index is 189. The highest BCUT2D eigenvalue weighted by Crippen LogP contribution is 1.89. The fourth-order valence-electron chi connectivity index (χ4n) is 0.688. The number of hydrogen-bond donors (Lipinski definition) is 1. The summed E-state index contributed by atoms with van der Waals surface area (Å²) in [6.45, 7) is 5.74. The summed E-state index contributed by atoms with van der Waals surface area (Å²) in [6.07, 6.45) is 2.38. The lowest BCUT2D eigenvalue weighted by molar-refractivity contribution is -0.143. The third kappa shape index (κ3) is 7.05. The van der Waals surface area contributed by atoms with Crippen LogP contribution in [0.15, 0.2) is 12.7 Å². The van der Waals surface area contributed by atoms with Gasteiger partial charge in [0.05, 0.1) is 6.54 Å². The van der Waals surface area contributed by atoms with E-state index in [2.05, 4.69) is 11.9 Å². The summed E-state index contributed by atoms with van der Waals surface area (Å²) < 4.78 is 4.79. The van der Waals surface area contributed by atoms with E-state index in [0.717, 1.165) is 6.42 Å². The Kier molecular flexibility index (Phi) is 6.59. The van der Waals surface area contributed by atoms with Crippen LogP contribution in [0.3, 0.4) is 0 Å². The van der Waals surface area contributed by atoms with Gasteiger partial charge in [-0.3, -0.25) is 9.59 Å². The lowest BCUT2D eigenvalue weighted by Crippen LogP contribution is -2.26. The number of carbonyl (C=O) groups excluding carboxylic acids is 2. The largest absolute Gasteiger partial charge is 0.464 e. The van der Waals surface area contributed by atoms with Gasteiger partial charge in [0, 0.05) is 6.42 Å². The van der Waals surface area contributed by atoms with E-state index in [1.165, 1.54) is 6.08 Å². The van der Waals surface area contributed by atoms with Crippen molar-refractivity contribution in [3.63, 3.8) is 0 Å². The summed E-state index contributed by atoms with van der Waals surface area (Å²) in [5.74, 6) is -0.484. The van der Waals surface area contributed by atoms with Crippen LogP contribution in [0.1, 0.15) is 19.8 Å². The molecule has 0 unspecified atom stereocenters. The first kappa shape index (κ1) is 11.7. The minimum Gasteiger partial charge on any atom is -0.464 e. The molecule has 0 saturated carbocycles. The number of ether oxygens (including phenoxy) is 1. The first-order valence-electron chi connectivity index (χ1n) is 4.26. The second-order valence-electron chi connectivity index (χ2n) is 2.47. The fraction of sp³-hybridized carbons (Fsp3) is 0.556. The van der Waals surface area contributed by atoms with Gasteiger partial charge in [-0.2, -0.15) is 0 Å². The molecule has 1 amide bonds. The van der Waals surface area contributed by atoms with Crippen LogP contribution >= 0.6 is 0 Å². The highest BCUT2D eigenvalue weighted by atomic mass is 16.5. The summed E-state index contributed by atoms with van der Waals surface area (Å²) in [5.41, 5.74) is 0. The lowest BCUT2D eigenvalue weighted by atomic mass is 10.3. The zero-order valence-electron chi connectivity index (χ0n) is 7.84. The zero-order valence-corrected chi connectivity index (χ0v) is 7.84. The number of carbonyl (C=O) groups is 2. The molecule has 0 aromatic rings. The van der Waals surface area contributed by atoms with E-state index >= 15 is 0 Å². The zero-order chi connectivity index (χ0) is 10.1. The molecule has 0 fully saturated rings. The minimum absolute atomic E-state index is 0.221. The van der Waals surface area contributed by atoms with Gasteiger partial charge in [-0.1, -0.05) is 13.5 Å². The Hall–Kier alpha value is -1.32. The van der Waals surface area contributed by atoms with E-state index in [1.807, 2.05) is 6.92 Å². The normalized spacial score (nSPS) is 9.00. The van der Waals surface area contributed by atoms with Gasteiger partial charge in [-0.05, 0) is 12.5 Å². The van der Waals surface area contributed by atoms with Gasteiger partial charge in [-0.15, -0.1) is 0 Å². The summed E-state index contributed by atoms with van der Waals surface area (Å²) in [7, 11) is 0. The highest BCUT2D eigenvalue weighted by molar-refractivity contribution is 5.86. The van der Waals surface area contributed by atoms with Gasteiger partial charge < -0.3 is 10.1 Å². The van der Waals surface area contributed by atoms with E-state index in [9.17, 15) is 9.59 Å². The Morgan fingerprint density at radius 2 is 2.23 bits per heavy atom. The first-order chi connectivity index (χ1) is 6.20. The predicted molar refractivity (Wildman–Crippen MR) is 49.1 cm³/mol. The van der Waals surface area contributed by atoms with Crippen molar-refractivity contribution in [1.82, 2.24) is 5.32 Å². The van der Waals surface area contributed by atoms with Crippen LogP contribution in [0.4, 0.5) is 0 Å². The number of amides is 1. The maximum Gasteiger partial charge on any atom is 0.305 e. The van der Waals surface area contributed by atoms with Gasteiger partial charge in [-0.25, -0.2) is 0 Å². The molecule has 0 aliphatic heterocycles. The molecule has 0 aliphatic rings. The van der Waals surface area contributed by atoms with Gasteiger partial charge in [0.1, 0.15) is 6.61 Å². The average molecular weight is 185 g/mol. The third-order valence-corrected chi connectivity index (χ3v) is 1.30. The quantitative estimate of drug-likeness (QED) is 0.375. The molecule has 0 atom stereocenters. The van der Waals surface area contributed by atoms with Gasteiger partial charge in [0.25, 0.3) is 0 Å². The number of hydrogen-bond acceptors (Lipinski definition) is 3. The summed E-state index contributed by atoms with van der Waals surface area (Å²) in [4.78, 5) is 21.4. The molecule has 1 N–H and O–H groups in total. The SMILES string of the molecule is C=CC(=O)NCCOC(=O)CCC. The fourth-order valence-corrected chi connectivity index (χ4v) is 0.688. The molecule has 0 aromatic carbocycles. The molecule has 4 heteroatoms. The van der Waals surface area contributed by atoms with E-state index in [4.69, 9.17) is 4.74 Å². The molecule has 0 bridgehead atoms. The van der Waals surface area contributed by atoms with Crippen LogP contribution < -0.4 is 5.32 Å². The Labute approximate surface area is 78.0 Å². The molecule has 0 aliphatic carbocycles. The van der Waals surface area contributed by atoms with Crippen LogP contribution in [0.5, 0.6) is 0 Å². The van der Waals surface area contributed by atoms with Gasteiger partial charge in [0.2, 0.25) is 5.91 Å². The monoisotopic (exact) mass is 185 g/mol. The molecule has 0 rings (SSSR count). The Morgan fingerprint density at radius 3 is 2.77 bits per heavy atom. The molecule has 0 radical (unpaired) electrons. The Morgan fingerprint density at radius 1 is 1.54 bits per heavy atom. The molecule has 0 saturated heterocycles. The lowest BCUT2D eigenvalue weighted by Gasteiger charge is -2.03. The predicted octanol–water partition coefficient (Wildman–Crippen LogP) is 0.632. The van der Waals surface area contributed by atoms with E-state index in [0.29, 0.717) is 13.0 Å². The number of rotatable bonds is 6. The van der Waals surface area contributed by atoms with Crippen LogP contribution in [0.25, 0.3) is 0 Å². The van der Waals surface area contributed by atoms with Crippen molar-refractivity contribution in [1.29, 1.82) is 0 Å². The molecule has 0 aromatic heterocycles. The average Bonchev–Trinajstić information content (AvgIpc) is 2.12. The summed E-state index contributed by atoms with van der Waals surface area (Å²) in [5, 5.41) is 2.50. The van der Waals surface area contributed by atoms with Crippen molar-refractivity contribution < 1.29 is 14.3 Å². The van der Waals surface area contributed by atoms with E-state index in [-0.39, 0.29) is 18.5 Å². The number of esters is 1. The minimum atomic E-state index is -0.258. The second-order valence-corrected chi connectivity index (χ2v) is 2.47.